The van der Waals surface area contributed by atoms with Gasteiger partial charge in [-0.3, -0.25) is 19.2 Å². The van der Waals surface area contributed by atoms with E-state index in [-0.39, 0.29) is 45.9 Å². The Bertz CT molecular complexity index is 988. The van der Waals surface area contributed by atoms with Crippen molar-refractivity contribution in [3.63, 3.8) is 0 Å². The molecular weight excluding hydrogens is 428 g/mol. The van der Waals surface area contributed by atoms with Gasteiger partial charge in [-0.25, -0.2) is 0 Å². The molecule has 0 bridgehead atoms. The van der Waals surface area contributed by atoms with E-state index < -0.39 is 11.9 Å². The number of allylic oxidation sites excluding steroid dienone is 2. The third kappa shape index (κ3) is 3.65. The number of rotatable bonds is 6. The maximum absolute atomic E-state index is 13.8. The number of carbonyl (C=O) groups is 4. The lowest BCUT2D eigenvalue weighted by atomic mass is 9.48. The predicted octanol–water partition coefficient (Wildman–Crippen LogP) is 5.58. The Kier molecular flexibility index (Phi) is 6.31. The molecule has 0 aromatic carbocycles. The molecule has 4 aliphatic rings. The molecule has 2 saturated carbocycles. The van der Waals surface area contributed by atoms with Gasteiger partial charge in [0.15, 0.2) is 11.6 Å². The van der Waals surface area contributed by atoms with E-state index in [0.717, 1.165) is 36.0 Å². The molecule has 0 aromatic heterocycles. The van der Waals surface area contributed by atoms with Gasteiger partial charge in [0.1, 0.15) is 5.78 Å². The second-order valence-corrected chi connectivity index (χ2v) is 12.3. The zero-order valence-corrected chi connectivity index (χ0v) is 21.4. The van der Waals surface area contributed by atoms with Crippen LogP contribution in [0.25, 0.3) is 0 Å². The average molecular weight is 469 g/mol. The Labute approximate surface area is 203 Å². The summed E-state index contributed by atoms with van der Waals surface area (Å²) in [4.78, 5) is 51.1. The monoisotopic (exact) mass is 468 g/mol. The van der Waals surface area contributed by atoms with E-state index in [1.54, 1.807) is 6.92 Å². The van der Waals surface area contributed by atoms with Crippen LogP contribution < -0.4 is 0 Å². The molecule has 0 heterocycles. The van der Waals surface area contributed by atoms with Crippen LogP contribution in [0, 0.1) is 46.3 Å². The summed E-state index contributed by atoms with van der Waals surface area (Å²) in [6, 6.07) is 0. The van der Waals surface area contributed by atoms with Gasteiger partial charge in [-0.15, -0.1) is 0 Å². The van der Waals surface area contributed by atoms with Gasteiger partial charge < -0.3 is 5.11 Å². The van der Waals surface area contributed by atoms with Crippen molar-refractivity contribution in [1.29, 1.82) is 0 Å². The summed E-state index contributed by atoms with van der Waals surface area (Å²) in [5.41, 5.74) is 1.70. The van der Waals surface area contributed by atoms with Crippen LogP contribution in [-0.4, -0.2) is 28.4 Å². The SMILES string of the molecule is C=C(CC[C@@H](C)[C@H]1CC[C@H]2C3=C(C(=O)C[C@]12C)[C@@]1(C)CCC(=O)[C@@H](C)[C@@H]1CC3=O)[C@H](C)C(=O)O. The van der Waals surface area contributed by atoms with Crippen molar-refractivity contribution in [3.05, 3.63) is 23.3 Å². The van der Waals surface area contributed by atoms with Crippen molar-refractivity contribution < 1.29 is 24.3 Å². The lowest BCUT2D eigenvalue weighted by molar-refractivity contribution is -0.140. The molecular formula is C29H40O5. The summed E-state index contributed by atoms with van der Waals surface area (Å²) >= 11 is 0. The van der Waals surface area contributed by atoms with Crippen LogP contribution in [0.3, 0.4) is 0 Å². The summed E-state index contributed by atoms with van der Waals surface area (Å²) < 4.78 is 0. The number of aliphatic carboxylic acids is 1. The maximum Gasteiger partial charge on any atom is 0.310 e. The highest BCUT2D eigenvalue weighted by Gasteiger charge is 2.61. The first-order valence-electron chi connectivity index (χ1n) is 13.1. The summed E-state index contributed by atoms with van der Waals surface area (Å²) in [5, 5.41) is 9.27. The fourth-order valence-electron chi connectivity index (χ4n) is 8.25. The van der Waals surface area contributed by atoms with Gasteiger partial charge in [0.05, 0.1) is 5.92 Å². The summed E-state index contributed by atoms with van der Waals surface area (Å²) in [5.74, 6) is -0.453. The number of fused-ring (bicyclic) bond motifs is 4. The molecule has 4 aliphatic carbocycles. The fourth-order valence-corrected chi connectivity index (χ4v) is 8.25. The van der Waals surface area contributed by atoms with Crippen LogP contribution in [0.15, 0.2) is 23.3 Å². The molecule has 0 radical (unpaired) electrons. The molecule has 1 N–H and O–H groups in total. The zero-order valence-electron chi connectivity index (χ0n) is 21.4. The molecule has 8 atom stereocenters. The van der Waals surface area contributed by atoms with E-state index >= 15 is 0 Å². The van der Waals surface area contributed by atoms with E-state index in [2.05, 4.69) is 27.4 Å². The van der Waals surface area contributed by atoms with Gasteiger partial charge in [-0.2, -0.15) is 0 Å². The lowest BCUT2D eigenvalue weighted by Crippen LogP contribution is -2.53. The van der Waals surface area contributed by atoms with Gasteiger partial charge in [-0.05, 0) is 68.1 Å². The summed E-state index contributed by atoms with van der Waals surface area (Å²) in [6.45, 7) is 14.2. The predicted molar refractivity (Wildman–Crippen MR) is 130 cm³/mol. The summed E-state index contributed by atoms with van der Waals surface area (Å²) in [6.07, 6.45) is 5.43. The van der Waals surface area contributed by atoms with Crippen LogP contribution in [-0.2, 0) is 19.2 Å². The Morgan fingerprint density at radius 3 is 2.47 bits per heavy atom. The highest BCUT2D eigenvalue weighted by Crippen LogP contribution is 2.64. The zero-order chi connectivity index (χ0) is 25.2. The second-order valence-electron chi connectivity index (χ2n) is 12.3. The minimum absolute atomic E-state index is 0.0633. The first-order chi connectivity index (χ1) is 15.8. The standard InChI is InChI=1S/C29H40O5/c1-15(17(3)27(33)34)7-8-16(2)19-9-10-20-25-23(31)13-21-18(4)22(30)11-12-28(21,5)26(25)24(32)14-29(19,20)6/h16-21H,1,7-14H2,2-6H3,(H,33,34)/t16-,17+,18+,19-,20+,21+,28+,29-/m1/s1. The number of Topliss-reactive ketones (excluding diaryl/α,β-unsaturated/α-hetero) is 3. The number of carbonyl (C=O) groups excluding carboxylic acids is 3. The molecule has 186 valence electrons. The van der Waals surface area contributed by atoms with Crippen LogP contribution >= 0.6 is 0 Å². The maximum atomic E-state index is 13.8. The first-order valence-corrected chi connectivity index (χ1v) is 13.1. The van der Waals surface area contributed by atoms with Crippen LogP contribution in [0.2, 0.25) is 0 Å². The Morgan fingerprint density at radius 1 is 1.15 bits per heavy atom. The largest absolute Gasteiger partial charge is 0.481 e. The minimum Gasteiger partial charge on any atom is -0.481 e. The smallest absolute Gasteiger partial charge is 0.310 e. The molecule has 34 heavy (non-hydrogen) atoms. The molecule has 0 amide bonds. The Hall–Kier alpha value is -2.04. The van der Waals surface area contributed by atoms with E-state index in [1.807, 2.05) is 6.92 Å². The van der Waals surface area contributed by atoms with Crippen molar-refractivity contribution >= 4 is 23.3 Å². The number of ketones is 3. The van der Waals surface area contributed by atoms with E-state index in [9.17, 15) is 24.3 Å². The molecule has 0 saturated heterocycles. The van der Waals surface area contributed by atoms with Crippen molar-refractivity contribution in [2.24, 2.45) is 46.3 Å². The van der Waals surface area contributed by atoms with Gasteiger partial charge in [-0.1, -0.05) is 39.8 Å². The first kappa shape index (κ1) is 25.1. The number of carboxylic acid groups (broad SMARTS) is 1. The number of hydrogen-bond acceptors (Lipinski definition) is 4. The van der Waals surface area contributed by atoms with Crippen LogP contribution in [0.1, 0.15) is 86.0 Å². The van der Waals surface area contributed by atoms with E-state index in [0.29, 0.717) is 43.9 Å². The van der Waals surface area contributed by atoms with Gasteiger partial charge in [0.25, 0.3) is 0 Å². The molecule has 0 aromatic rings. The molecule has 0 spiro atoms. The second kappa shape index (κ2) is 8.57. The van der Waals surface area contributed by atoms with Crippen molar-refractivity contribution in [2.75, 3.05) is 0 Å². The highest BCUT2D eigenvalue weighted by molar-refractivity contribution is 6.11. The molecule has 4 rings (SSSR count). The molecule has 5 nitrogen and oxygen atoms in total. The van der Waals surface area contributed by atoms with E-state index in [4.69, 9.17) is 0 Å². The third-order valence-corrected chi connectivity index (χ3v) is 10.5. The average Bonchev–Trinajstić information content (AvgIpc) is 3.11. The highest BCUT2D eigenvalue weighted by atomic mass is 16.4. The van der Waals surface area contributed by atoms with Gasteiger partial charge >= 0.3 is 5.97 Å². The molecule has 0 aliphatic heterocycles. The normalized spacial score (nSPS) is 39.3. The molecule has 2 fully saturated rings. The van der Waals surface area contributed by atoms with Gasteiger partial charge in [0.2, 0.25) is 0 Å². The lowest BCUT2D eigenvalue weighted by Gasteiger charge is -2.53. The molecule has 5 heteroatoms. The minimum atomic E-state index is -0.843. The van der Waals surface area contributed by atoms with Crippen LogP contribution in [0.4, 0.5) is 0 Å². The van der Waals surface area contributed by atoms with Crippen LogP contribution in [0.5, 0.6) is 0 Å². The van der Waals surface area contributed by atoms with Crippen molar-refractivity contribution in [3.8, 4) is 0 Å². The third-order valence-electron chi connectivity index (χ3n) is 10.5. The number of carboxylic acids is 1. The Morgan fingerprint density at radius 2 is 1.82 bits per heavy atom. The topological polar surface area (TPSA) is 88.5 Å². The van der Waals surface area contributed by atoms with Crippen molar-refractivity contribution in [2.45, 2.75) is 86.0 Å². The van der Waals surface area contributed by atoms with Crippen molar-refractivity contribution in [1.82, 2.24) is 0 Å². The molecule has 0 unspecified atom stereocenters. The van der Waals surface area contributed by atoms with E-state index in [1.165, 1.54) is 0 Å². The quantitative estimate of drug-likeness (QED) is 0.514. The Balaban J connectivity index is 1.61. The number of hydrogen-bond donors (Lipinski definition) is 1. The van der Waals surface area contributed by atoms with Gasteiger partial charge in [0, 0.05) is 41.7 Å². The fraction of sp³-hybridized carbons (Fsp3) is 0.724. The summed E-state index contributed by atoms with van der Waals surface area (Å²) in [7, 11) is 0.